The molecule has 15 heavy (non-hydrogen) atoms. The molecule has 0 fully saturated rings. The van der Waals surface area contributed by atoms with Gasteiger partial charge < -0.3 is 0 Å². The molecule has 0 N–H and O–H groups in total. The third-order valence-corrected chi connectivity index (χ3v) is 2.70. The van der Waals surface area contributed by atoms with Crippen LogP contribution in [0.1, 0.15) is 0 Å². The molecule has 0 aliphatic rings. The molecule has 0 unspecified atom stereocenters. The smallest absolute Gasteiger partial charge is 0.166 e. The van der Waals surface area contributed by atoms with Crippen LogP contribution in [-0.4, -0.2) is 0 Å². The fraction of sp³-hybridized carbons (Fsp3) is 0. The quantitative estimate of drug-likeness (QED) is 0.727. The second kappa shape index (κ2) is 4.11. The second-order valence-corrected chi connectivity index (χ2v) is 3.79. The highest BCUT2D eigenvalue weighted by atomic mass is 79.9. The summed E-state index contributed by atoms with van der Waals surface area (Å²) >= 11 is 3.25. The Morgan fingerprint density at radius 2 is 1.73 bits per heavy atom. The van der Waals surface area contributed by atoms with Crippen molar-refractivity contribution in [1.82, 2.24) is 0 Å². The van der Waals surface area contributed by atoms with Gasteiger partial charge in [-0.3, -0.25) is 0 Å². The zero-order chi connectivity index (χ0) is 10.8. The van der Waals surface area contributed by atoms with E-state index >= 15 is 0 Å². The van der Waals surface area contributed by atoms with Gasteiger partial charge in [-0.1, -0.05) is 30.3 Å². The van der Waals surface area contributed by atoms with Crippen LogP contribution in [0.15, 0.2) is 40.9 Å². The van der Waals surface area contributed by atoms with Crippen LogP contribution in [0.25, 0.3) is 11.1 Å². The lowest BCUT2D eigenvalue weighted by molar-refractivity contribution is 0.511. The predicted molar refractivity (Wildman–Crippen MR) is 58.3 cm³/mol. The lowest BCUT2D eigenvalue weighted by atomic mass is 10.1. The van der Waals surface area contributed by atoms with Crippen LogP contribution in [-0.2, 0) is 0 Å². The molecule has 0 aliphatic carbocycles. The van der Waals surface area contributed by atoms with Gasteiger partial charge in [0.25, 0.3) is 0 Å². The topological polar surface area (TPSA) is 0 Å². The summed E-state index contributed by atoms with van der Waals surface area (Å²) in [7, 11) is 0. The first-order valence-corrected chi connectivity index (χ1v) is 5.10. The van der Waals surface area contributed by atoms with E-state index in [1.54, 1.807) is 18.2 Å². The van der Waals surface area contributed by atoms with E-state index in [2.05, 4.69) is 22.0 Å². The van der Waals surface area contributed by atoms with Gasteiger partial charge in [0.15, 0.2) is 11.6 Å². The molecule has 0 saturated heterocycles. The van der Waals surface area contributed by atoms with E-state index in [0.717, 1.165) is 6.07 Å². The molecule has 0 nitrogen and oxygen atoms in total. The van der Waals surface area contributed by atoms with E-state index in [9.17, 15) is 8.78 Å². The highest BCUT2D eigenvalue weighted by molar-refractivity contribution is 9.10. The summed E-state index contributed by atoms with van der Waals surface area (Å²) in [6, 6.07) is 12.1. The predicted octanol–water partition coefficient (Wildman–Crippen LogP) is 4.19. The van der Waals surface area contributed by atoms with Gasteiger partial charge in [0.05, 0.1) is 0 Å². The lowest BCUT2D eigenvalue weighted by Crippen LogP contribution is -1.89. The van der Waals surface area contributed by atoms with Gasteiger partial charge in [0, 0.05) is 10.0 Å². The number of benzene rings is 2. The van der Waals surface area contributed by atoms with Crippen LogP contribution in [0, 0.1) is 17.7 Å². The highest BCUT2D eigenvalue weighted by Crippen LogP contribution is 2.30. The molecule has 0 spiro atoms. The molecule has 0 amide bonds. The van der Waals surface area contributed by atoms with E-state index in [-0.39, 0.29) is 5.56 Å². The van der Waals surface area contributed by atoms with E-state index < -0.39 is 11.6 Å². The average Bonchev–Trinajstić information content (AvgIpc) is 2.23. The normalized spacial score (nSPS) is 10.3. The first-order valence-electron chi connectivity index (χ1n) is 4.30. The van der Waals surface area contributed by atoms with Gasteiger partial charge in [-0.25, -0.2) is 8.78 Å². The second-order valence-electron chi connectivity index (χ2n) is 3.00. The first kappa shape index (κ1) is 10.3. The fourth-order valence-corrected chi connectivity index (χ4v) is 1.81. The molecule has 0 atom stereocenters. The van der Waals surface area contributed by atoms with Crippen LogP contribution in [0.4, 0.5) is 8.78 Å². The zero-order valence-corrected chi connectivity index (χ0v) is 9.18. The van der Waals surface area contributed by atoms with Crippen molar-refractivity contribution in [2.24, 2.45) is 0 Å². The van der Waals surface area contributed by atoms with Gasteiger partial charge in [0.1, 0.15) is 0 Å². The molecule has 2 aromatic carbocycles. The molecule has 0 aliphatic heterocycles. The third-order valence-electron chi connectivity index (χ3n) is 2.05. The maximum absolute atomic E-state index is 13.5. The fourth-order valence-electron chi connectivity index (χ4n) is 1.34. The van der Waals surface area contributed by atoms with Gasteiger partial charge in [0.2, 0.25) is 0 Å². The van der Waals surface area contributed by atoms with Crippen LogP contribution in [0.3, 0.4) is 0 Å². The monoisotopic (exact) mass is 267 g/mol. The Hall–Kier alpha value is -1.22. The van der Waals surface area contributed by atoms with Crippen molar-refractivity contribution in [2.75, 3.05) is 0 Å². The summed E-state index contributed by atoms with van der Waals surface area (Å²) in [5, 5.41) is 0. The van der Waals surface area contributed by atoms with Crippen molar-refractivity contribution in [2.45, 2.75) is 0 Å². The Morgan fingerprint density at radius 3 is 2.47 bits per heavy atom. The Kier molecular flexibility index (Phi) is 2.82. The maximum Gasteiger partial charge on any atom is 0.166 e. The Bertz CT molecular complexity index is 495. The zero-order valence-electron chi connectivity index (χ0n) is 7.60. The summed E-state index contributed by atoms with van der Waals surface area (Å²) in [6.07, 6.45) is 0. The van der Waals surface area contributed by atoms with Crippen molar-refractivity contribution < 1.29 is 8.78 Å². The van der Waals surface area contributed by atoms with Crippen molar-refractivity contribution in [3.63, 3.8) is 0 Å². The largest absolute Gasteiger partial charge is 0.204 e. The maximum atomic E-state index is 13.5. The van der Waals surface area contributed by atoms with Gasteiger partial charge in [-0.15, -0.1) is 0 Å². The van der Waals surface area contributed by atoms with Gasteiger partial charge in [-0.2, -0.15) is 0 Å². The van der Waals surface area contributed by atoms with Gasteiger partial charge in [-0.05, 0) is 33.6 Å². The Morgan fingerprint density at radius 1 is 1.00 bits per heavy atom. The number of halogens is 3. The summed E-state index contributed by atoms with van der Waals surface area (Å²) in [5.41, 5.74) is 0.827. The van der Waals surface area contributed by atoms with Crippen LogP contribution < -0.4 is 0 Å². The summed E-state index contributed by atoms with van der Waals surface area (Å²) in [5.74, 6) is -1.68. The van der Waals surface area contributed by atoms with E-state index in [0.29, 0.717) is 10.0 Å². The van der Waals surface area contributed by atoms with Crippen LogP contribution in [0.2, 0.25) is 0 Å². The molecule has 0 aromatic heterocycles. The first-order chi connectivity index (χ1) is 7.20. The highest BCUT2D eigenvalue weighted by Gasteiger charge is 2.11. The standard InChI is InChI=1S/C12H6BrF2/c13-10-6-2-1-4-8(10)9-5-3-7-11(14)12(9)15/h1-5,7H. The molecule has 3 heteroatoms. The van der Waals surface area contributed by atoms with Crippen LogP contribution in [0.5, 0.6) is 0 Å². The van der Waals surface area contributed by atoms with Crippen LogP contribution >= 0.6 is 15.9 Å². The molecule has 2 aromatic rings. The molecule has 0 bridgehead atoms. The molecule has 75 valence electrons. The van der Waals surface area contributed by atoms with Crippen molar-refractivity contribution in [3.8, 4) is 11.1 Å². The summed E-state index contributed by atoms with van der Waals surface area (Å²) < 4.78 is 27.1. The minimum absolute atomic E-state index is 0.235. The molecular formula is C12H6BrF2. The van der Waals surface area contributed by atoms with E-state index in [1.165, 1.54) is 12.1 Å². The van der Waals surface area contributed by atoms with E-state index in [1.807, 2.05) is 0 Å². The minimum atomic E-state index is -0.844. The molecule has 1 radical (unpaired) electrons. The number of hydrogen-bond acceptors (Lipinski definition) is 0. The minimum Gasteiger partial charge on any atom is -0.204 e. The number of rotatable bonds is 1. The SMILES string of the molecule is Fc1cccc(-c2ccc[c]c2Br)c1F. The van der Waals surface area contributed by atoms with Crippen molar-refractivity contribution in [1.29, 1.82) is 0 Å². The lowest BCUT2D eigenvalue weighted by Gasteiger charge is -2.05. The molecule has 0 saturated carbocycles. The van der Waals surface area contributed by atoms with Crippen molar-refractivity contribution >= 4 is 15.9 Å². The number of hydrogen-bond donors (Lipinski definition) is 0. The molecule has 2 rings (SSSR count). The van der Waals surface area contributed by atoms with E-state index in [4.69, 9.17) is 0 Å². The molecule has 0 heterocycles. The summed E-state index contributed by atoms with van der Waals surface area (Å²) in [4.78, 5) is 0. The average molecular weight is 268 g/mol. The molecular weight excluding hydrogens is 262 g/mol. The van der Waals surface area contributed by atoms with Crippen molar-refractivity contribution in [3.05, 3.63) is 58.6 Å². The third kappa shape index (κ3) is 1.92. The Labute approximate surface area is 94.7 Å². The van der Waals surface area contributed by atoms with Gasteiger partial charge >= 0.3 is 0 Å². The Balaban J connectivity index is 2.65. The summed E-state index contributed by atoms with van der Waals surface area (Å²) in [6.45, 7) is 0.